The van der Waals surface area contributed by atoms with Gasteiger partial charge in [0, 0.05) is 6.92 Å². The van der Waals surface area contributed by atoms with E-state index in [1.807, 2.05) is 0 Å². The van der Waals surface area contributed by atoms with Gasteiger partial charge in [-0.1, -0.05) is 11.3 Å². The molecule has 1 aromatic rings. The van der Waals surface area contributed by atoms with Gasteiger partial charge in [-0.25, -0.2) is 0 Å². The molecule has 0 spiro atoms. The molecule has 0 amide bonds. The van der Waals surface area contributed by atoms with Crippen LogP contribution in [-0.4, -0.2) is 12.0 Å². The molecule has 0 aliphatic rings. The van der Waals surface area contributed by atoms with Crippen LogP contribution < -0.4 is 21.5 Å². The number of rotatable bonds is 2. The van der Waals surface area contributed by atoms with Crippen LogP contribution in [-0.2, 0) is 11.3 Å². The normalized spacial score (nSPS) is 11.0. The minimum absolute atomic E-state index is 0. The van der Waals surface area contributed by atoms with Crippen molar-refractivity contribution >= 4 is 17.1 Å². The van der Waals surface area contributed by atoms with E-state index in [1.165, 1.54) is 21.4 Å². The van der Waals surface area contributed by atoms with E-state index in [2.05, 4.69) is 0 Å². The van der Waals surface area contributed by atoms with Gasteiger partial charge in [-0.2, -0.15) is 17.7 Å². The molecule has 0 unspecified atom stereocenters. The zero-order valence-electron chi connectivity index (χ0n) is 8.06. The van der Waals surface area contributed by atoms with Gasteiger partial charge in [-0.15, -0.1) is 0 Å². The lowest BCUT2D eigenvalue weighted by molar-refractivity contribution is -0.686. The molecule has 1 rings (SSSR count). The van der Waals surface area contributed by atoms with E-state index in [-0.39, 0.29) is 17.0 Å². The maximum atomic E-state index is 11.9. The molecular weight excluding hydrogens is 295 g/mol. The smallest absolute Gasteiger partial charge is 0.456 e. The molecule has 0 saturated heterocycles. The van der Waals surface area contributed by atoms with E-state index < -0.39 is 18.5 Å². The van der Waals surface area contributed by atoms with Gasteiger partial charge in [-0.3, -0.25) is 4.79 Å². The summed E-state index contributed by atoms with van der Waals surface area (Å²) in [7, 11) is 0. The number of hydrogen-bond donors (Lipinski definition) is 0. The Morgan fingerprint density at radius 2 is 2.00 bits per heavy atom. The number of halogens is 4. The molecule has 1 heterocycles. The molecule has 15 heavy (non-hydrogen) atoms. The predicted molar refractivity (Wildman–Crippen MR) is 45.1 cm³/mol. The van der Waals surface area contributed by atoms with Crippen LogP contribution in [0.5, 0.6) is 0 Å². The number of aromatic nitrogens is 1. The van der Waals surface area contributed by atoms with Gasteiger partial charge in [0.05, 0.1) is 4.88 Å². The van der Waals surface area contributed by atoms with Crippen LogP contribution >= 0.6 is 11.3 Å². The molecule has 0 saturated carbocycles. The minimum Gasteiger partial charge on any atom is -1.00 e. The number of thiazole rings is 1. The van der Waals surface area contributed by atoms with Crippen LogP contribution in [0.3, 0.4) is 0 Å². The molecule has 0 fully saturated rings. The summed E-state index contributed by atoms with van der Waals surface area (Å²) in [5, 5.41) is 0. The Labute approximate surface area is 99.5 Å². The number of ketones is 1. The molecule has 0 radical (unpaired) electrons. The average molecular weight is 304 g/mol. The van der Waals surface area contributed by atoms with Crippen molar-refractivity contribution in [3.63, 3.8) is 0 Å². The molecule has 0 N–H and O–H groups in total. The van der Waals surface area contributed by atoms with Crippen molar-refractivity contribution in [3.05, 3.63) is 16.1 Å². The van der Waals surface area contributed by atoms with Crippen molar-refractivity contribution in [1.82, 2.24) is 0 Å². The fourth-order valence-electron chi connectivity index (χ4n) is 0.909. The van der Waals surface area contributed by atoms with Crippen molar-refractivity contribution in [3.8, 4) is 0 Å². The highest BCUT2D eigenvalue weighted by Gasteiger charge is 2.41. The summed E-state index contributed by atoms with van der Waals surface area (Å²) in [6.45, 7) is 2.86. The highest BCUT2D eigenvalue weighted by atomic mass is 79.9. The first-order valence-corrected chi connectivity index (χ1v) is 4.74. The Kier molecular flexibility index (Phi) is 4.92. The molecule has 86 valence electrons. The van der Waals surface area contributed by atoms with Gasteiger partial charge in [0.1, 0.15) is 0 Å². The van der Waals surface area contributed by atoms with Gasteiger partial charge in [-0.05, 0) is 6.92 Å². The molecule has 0 aliphatic carbocycles. The third-order valence-electron chi connectivity index (χ3n) is 1.93. The molecule has 7 heteroatoms. The maximum absolute atomic E-state index is 11.9. The van der Waals surface area contributed by atoms with E-state index in [4.69, 9.17) is 0 Å². The molecule has 1 aromatic heterocycles. The summed E-state index contributed by atoms with van der Waals surface area (Å²) in [5.74, 6) is -1.72. The largest absolute Gasteiger partial charge is 1.00 e. The Hall–Kier alpha value is -0.430. The van der Waals surface area contributed by atoms with Crippen LogP contribution in [0.2, 0.25) is 0 Å². The van der Waals surface area contributed by atoms with Gasteiger partial charge in [0.2, 0.25) is 12.1 Å². The molecule has 0 bridgehead atoms. The van der Waals surface area contributed by atoms with Gasteiger partial charge in [0.15, 0.2) is 5.69 Å². The number of carbonyl (C=O) groups excluding carboxylic acids is 1. The van der Waals surface area contributed by atoms with Crippen LogP contribution in [0.25, 0.3) is 0 Å². The summed E-state index contributed by atoms with van der Waals surface area (Å²) in [6, 6.07) is 0. The zero-order chi connectivity index (χ0) is 10.9. The van der Waals surface area contributed by atoms with Gasteiger partial charge in [0.25, 0.3) is 0 Å². The van der Waals surface area contributed by atoms with E-state index in [1.54, 1.807) is 13.8 Å². The fraction of sp³-hybridized carbons (Fsp3) is 0.500. The average Bonchev–Trinajstić information content (AvgIpc) is 2.34. The Morgan fingerprint density at radius 1 is 1.47 bits per heavy atom. The summed E-state index contributed by atoms with van der Waals surface area (Å²) in [5.41, 5.74) is 2.22. The lowest BCUT2D eigenvalue weighted by atomic mass is 10.3. The summed E-state index contributed by atoms with van der Waals surface area (Å²) in [4.78, 5) is 11.6. The quantitative estimate of drug-likeness (QED) is 0.628. The number of nitrogens with zero attached hydrogens (tertiary/aromatic N) is 1. The topological polar surface area (TPSA) is 20.9 Å². The summed E-state index contributed by atoms with van der Waals surface area (Å²) < 4.78 is 37.1. The minimum atomic E-state index is -4.74. The molecule has 0 aromatic carbocycles. The lowest BCUT2D eigenvalue weighted by Gasteiger charge is -2.00. The van der Waals surface area contributed by atoms with Gasteiger partial charge < -0.3 is 17.0 Å². The summed E-state index contributed by atoms with van der Waals surface area (Å²) in [6.07, 6.45) is -4.74. The van der Waals surface area contributed by atoms with Crippen LogP contribution in [0.1, 0.15) is 10.6 Å². The second kappa shape index (κ2) is 5.07. The third-order valence-corrected chi connectivity index (χ3v) is 2.94. The highest BCUT2D eigenvalue weighted by Crippen LogP contribution is 2.16. The van der Waals surface area contributed by atoms with Crippen molar-refractivity contribution in [2.24, 2.45) is 0 Å². The number of aryl methyl sites for hydroxylation is 1. The van der Waals surface area contributed by atoms with E-state index in [0.717, 1.165) is 4.88 Å². The molecule has 0 aliphatic heterocycles. The fourth-order valence-corrected chi connectivity index (χ4v) is 1.72. The maximum Gasteiger partial charge on any atom is 0.456 e. The van der Waals surface area contributed by atoms with Crippen molar-refractivity contribution in [2.45, 2.75) is 26.6 Å². The Balaban J connectivity index is 0.00000196. The van der Waals surface area contributed by atoms with E-state index in [0.29, 0.717) is 5.69 Å². The monoisotopic (exact) mass is 303 g/mol. The van der Waals surface area contributed by atoms with Crippen LogP contribution in [0.15, 0.2) is 5.51 Å². The number of carbonyl (C=O) groups is 1. The first-order valence-electron chi connectivity index (χ1n) is 3.86. The van der Waals surface area contributed by atoms with E-state index in [9.17, 15) is 18.0 Å². The highest BCUT2D eigenvalue weighted by molar-refractivity contribution is 7.09. The number of alkyl halides is 3. The lowest BCUT2D eigenvalue weighted by Crippen LogP contribution is -3.00. The van der Waals surface area contributed by atoms with E-state index >= 15 is 0 Å². The Bertz CT molecular complexity index is 361. The predicted octanol–water partition coefficient (Wildman–Crippen LogP) is -1.21. The number of Topliss-reactive ketones (excluding diaryl/α,β-unsaturated/α-hetero) is 1. The zero-order valence-corrected chi connectivity index (χ0v) is 10.5. The molecule has 2 nitrogen and oxygen atoms in total. The first kappa shape index (κ1) is 14.6. The SMILES string of the molecule is Cc1sc[n+](CC(=O)C(F)(F)F)c1C.[Br-]. The first-order chi connectivity index (χ1) is 6.32. The summed E-state index contributed by atoms with van der Waals surface area (Å²) >= 11 is 1.33. The third kappa shape index (κ3) is 3.57. The molecular formula is C8H9BrF3NOS. The Morgan fingerprint density at radius 3 is 2.33 bits per heavy atom. The molecule has 0 atom stereocenters. The van der Waals surface area contributed by atoms with Crippen molar-refractivity contribution in [2.75, 3.05) is 0 Å². The van der Waals surface area contributed by atoms with Crippen LogP contribution in [0.4, 0.5) is 13.2 Å². The second-order valence-corrected chi connectivity index (χ2v) is 3.97. The van der Waals surface area contributed by atoms with Crippen molar-refractivity contribution in [1.29, 1.82) is 0 Å². The second-order valence-electron chi connectivity index (χ2n) is 2.91. The number of hydrogen-bond acceptors (Lipinski definition) is 2. The van der Waals surface area contributed by atoms with Gasteiger partial charge >= 0.3 is 12.0 Å². The van der Waals surface area contributed by atoms with Crippen LogP contribution in [0, 0.1) is 13.8 Å². The standard InChI is InChI=1S/C8H9F3NOS.BrH/c1-5-6(2)14-4-12(5)3-7(13)8(9,10)11;/h4H,3H2,1-2H3;1H/q+1;/p-1. The van der Waals surface area contributed by atoms with Crippen molar-refractivity contribution < 1.29 is 39.5 Å².